The minimum absolute atomic E-state index is 0. The van der Waals surface area contributed by atoms with E-state index in [-0.39, 0.29) is 166 Å². The van der Waals surface area contributed by atoms with Crippen molar-refractivity contribution in [3.63, 3.8) is 0 Å². The fraction of sp³-hybridized carbons (Fsp3) is 0.250. The van der Waals surface area contributed by atoms with Crippen LogP contribution in [0.1, 0.15) is 18.4 Å². The van der Waals surface area contributed by atoms with Crippen molar-refractivity contribution in [2.45, 2.75) is 24.3 Å². The Labute approximate surface area is 296 Å². The number of rotatable bonds is 7. The first-order valence-electron chi connectivity index (χ1n) is 7.54. The maximum absolute atomic E-state index is 13.8. The molecule has 145 valence electrons. The van der Waals surface area contributed by atoms with E-state index in [4.69, 9.17) is 14.3 Å². The van der Waals surface area contributed by atoms with E-state index in [0.717, 1.165) is 17.7 Å². The maximum atomic E-state index is 13.8. The Morgan fingerprint density at radius 3 is 1.97 bits per heavy atom. The summed E-state index contributed by atoms with van der Waals surface area (Å²) >= 11 is 0. The van der Waals surface area contributed by atoms with Gasteiger partial charge >= 0.3 is 7.60 Å². The van der Waals surface area contributed by atoms with E-state index < -0.39 is 40.8 Å². The Kier molecular flexibility index (Phi) is 18.2. The SMILES string of the molecule is O=P(O)(O)C(CCCc1ccc(-c2ccc(F)cc2F)cc1)S(=O)(=O)O.[K].[K].[K]. The second-order valence-corrected chi connectivity index (χ2v) is 9.52. The van der Waals surface area contributed by atoms with Crippen LogP contribution in [0.2, 0.25) is 0 Å². The third kappa shape index (κ3) is 11.5. The number of aryl methyl sites for hydroxylation is 1. The summed E-state index contributed by atoms with van der Waals surface area (Å²) in [5.74, 6) is -1.38. The van der Waals surface area contributed by atoms with Gasteiger partial charge in [0, 0.05) is 166 Å². The van der Waals surface area contributed by atoms with Gasteiger partial charge in [0.15, 0.2) is 4.99 Å². The van der Waals surface area contributed by atoms with Gasteiger partial charge < -0.3 is 9.79 Å². The summed E-state index contributed by atoms with van der Waals surface area (Å²) in [5, 5.41) is 0. The normalized spacial score (nSPS) is 12.2. The van der Waals surface area contributed by atoms with Gasteiger partial charge in [0.2, 0.25) is 0 Å². The molecule has 0 saturated carbocycles. The largest absolute Gasteiger partial charge is 0.346 e. The van der Waals surface area contributed by atoms with Gasteiger partial charge in [-0.3, -0.25) is 9.12 Å². The van der Waals surface area contributed by atoms with Crippen LogP contribution in [0.15, 0.2) is 42.5 Å². The monoisotopic (exact) mass is 523 g/mol. The molecule has 29 heavy (non-hydrogen) atoms. The average Bonchev–Trinajstić information content (AvgIpc) is 2.50. The minimum atomic E-state index is -4.99. The molecule has 0 aliphatic rings. The third-order valence-corrected chi connectivity index (χ3v) is 7.39. The Morgan fingerprint density at radius 2 is 1.52 bits per heavy atom. The van der Waals surface area contributed by atoms with Crippen molar-refractivity contribution in [2.24, 2.45) is 0 Å². The number of hydrogen-bond acceptors (Lipinski definition) is 3. The maximum Gasteiger partial charge on any atom is 0.346 e. The smallest absolute Gasteiger partial charge is 0.323 e. The molecule has 1 atom stereocenters. The van der Waals surface area contributed by atoms with Crippen molar-refractivity contribution in [2.75, 3.05) is 0 Å². The van der Waals surface area contributed by atoms with E-state index in [2.05, 4.69) is 0 Å². The van der Waals surface area contributed by atoms with E-state index in [1.54, 1.807) is 24.3 Å². The van der Waals surface area contributed by atoms with Crippen molar-refractivity contribution in [1.82, 2.24) is 0 Å². The third-order valence-electron chi connectivity index (χ3n) is 3.83. The molecule has 3 radical (unpaired) electrons. The standard InChI is InChI=1S/C16H17F2O6PS.3K/c17-13-8-9-14(15(18)10-13)12-6-4-11(5-7-12)2-1-3-16(25(19,20)21)26(22,23)24;;;/h4-10,16H,1-3H2,(H2,19,20,21)(H,22,23,24);;;. The van der Waals surface area contributed by atoms with Crippen molar-refractivity contribution >= 4 is 172 Å². The predicted octanol–water partition coefficient (Wildman–Crippen LogP) is 2.20. The molecule has 6 nitrogen and oxygen atoms in total. The van der Waals surface area contributed by atoms with Crippen molar-refractivity contribution in [1.29, 1.82) is 0 Å². The molecule has 0 fully saturated rings. The van der Waals surface area contributed by atoms with Crippen LogP contribution in [0, 0.1) is 11.6 Å². The molecule has 0 aromatic heterocycles. The van der Waals surface area contributed by atoms with E-state index in [0.29, 0.717) is 12.0 Å². The average molecular weight is 524 g/mol. The quantitative estimate of drug-likeness (QED) is 0.292. The van der Waals surface area contributed by atoms with Gasteiger partial charge in [-0.05, 0) is 42.5 Å². The van der Waals surface area contributed by atoms with E-state index in [1.165, 1.54) is 6.07 Å². The van der Waals surface area contributed by atoms with Crippen molar-refractivity contribution in [3.05, 3.63) is 59.7 Å². The molecule has 2 aromatic carbocycles. The van der Waals surface area contributed by atoms with Crippen LogP contribution < -0.4 is 0 Å². The molecule has 1 unspecified atom stereocenters. The summed E-state index contributed by atoms with van der Waals surface area (Å²) in [5.41, 5.74) is 1.49. The van der Waals surface area contributed by atoms with Gasteiger partial charge in [-0.2, -0.15) is 8.42 Å². The van der Waals surface area contributed by atoms with Gasteiger partial charge in [0.05, 0.1) is 0 Å². The zero-order chi connectivity index (χ0) is 19.5. The fourth-order valence-electron chi connectivity index (χ4n) is 2.55. The molecule has 2 aromatic rings. The van der Waals surface area contributed by atoms with Crippen LogP contribution >= 0.6 is 7.60 Å². The zero-order valence-corrected chi connectivity index (χ0v) is 27.5. The van der Waals surface area contributed by atoms with Crippen LogP contribution in [-0.4, -0.2) is 182 Å². The van der Waals surface area contributed by atoms with E-state index in [9.17, 15) is 21.8 Å². The Bertz CT molecular complexity index is 938. The van der Waals surface area contributed by atoms with Gasteiger partial charge in [-0.1, -0.05) is 24.3 Å². The fourth-order valence-corrected chi connectivity index (χ4v) is 4.92. The number of benzene rings is 2. The Hall–Kier alpha value is 3.27. The first-order valence-corrected chi connectivity index (χ1v) is 10.7. The summed E-state index contributed by atoms with van der Waals surface area (Å²) in [7, 11) is -9.85. The van der Waals surface area contributed by atoms with Crippen LogP contribution in [0.25, 0.3) is 11.1 Å². The van der Waals surface area contributed by atoms with Crippen molar-refractivity contribution in [3.8, 4) is 11.1 Å². The van der Waals surface area contributed by atoms with Crippen LogP contribution in [0.5, 0.6) is 0 Å². The molecule has 0 heterocycles. The summed E-state index contributed by atoms with van der Waals surface area (Å²) in [6.07, 6.45) is 0.00940. The molecule has 3 N–H and O–H groups in total. The van der Waals surface area contributed by atoms with Gasteiger partial charge in [0.25, 0.3) is 10.1 Å². The summed E-state index contributed by atoms with van der Waals surface area (Å²) < 4.78 is 69.0. The zero-order valence-electron chi connectivity index (χ0n) is 16.4. The van der Waals surface area contributed by atoms with Crippen LogP contribution in [0.3, 0.4) is 0 Å². The van der Waals surface area contributed by atoms with Gasteiger partial charge in [-0.25, -0.2) is 8.78 Å². The number of hydrogen-bond donors (Lipinski definition) is 3. The molecule has 0 spiro atoms. The molecule has 0 aliphatic carbocycles. The van der Waals surface area contributed by atoms with E-state index in [1.807, 2.05) is 0 Å². The van der Waals surface area contributed by atoms with E-state index >= 15 is 0 Å². The second kappa shape index (κ2) is 15.3. The summed E-state index contributed by atoms with van der Waals surface area (Å²) in [6.45, 7) is 0. The van der Waals surface area contributed by atoms with Gasteiger partial charge in [0.1, 0.15) is 11.6 Å². The molecule has 0 saturated heterocycles. The molecule has 0 bridgehead atoms. The van der Waals surface area contributed by atoms with Crippen LogP contribution in [0.4, 0.5) is 8.78 Å². The minimum Gasteiger partial charge on any atom is -0.323 e. The predicted molar refractivity (Wildman–Crippen MR) is 109 cm³/mol. The summed E-state index contributed by atoms with van der Waals surface area (Å²) in [6, 6.07) is 9.75. The Morgan fingerprint density at radius 1 is 0.966 bits per heavy atom. The second-order valence-electron chi connectivity index (χ2n) is 5.77. The topological polar surface area (TPSA) is 112 Å². The molecular formula is C16H17F2K3O6PS. The van der Waals surface area contributed by atoms with Crippen molar-refractivity contribution < 1.29 is 36.1 Å². The molecule has 0 aliphatic heterocycles. The molecular weight excluding hydrogens is 507 g/mol. The summed E-state index contributed by atoms with van der Waals surface area (Å²) in [4.78, 5) is 15.9. The first-order chi connectivity index (χ1) is 12.0. The van der Waals surface area contributed by atoms with Gasteiger partial charge in [-0.15, -0.1) is 0 Å². The van der Waals surface area contributed by atoms with Crippen LogP contribution in [-0.2, 0) is 21.1 Å². The molecule has 2 rings (SSSR count). The molecule has 0 amide bonds. The number of halogens is 2. The molecule has 13 heteroatoms. The Balaban J connectivity index is 0. The first kappa shape index (κ1) is 34.4.